The number of halogens is 1. The largest absolute Gasteiger partial charge is 0.445 e. The monoisotopic (exact) mass is 557 g/mol. The van der Waals surface area contributed by atoms with Crippen LogP contribution >= 0.6 is 11.6 Å². The number of amides is 2. The van der Waals surface area contributed by atoms with Gasteiger partial charge in [0, 0.05) is 50.0 Å². The Labute approximate surface area is 238 Å². The number of piperidine rings is 1. The number of nitrogens with zero attached hydrogens (tertiary/aromatic N) is 5. The molecule has 4 heterocycles. The van der Waals surface area contributed by atoms with Crippen molar-refractivity contribution in [3.63, 3.8) is 0 Å². The highest BCUT2D eigenvalue weighted by molar-refractivity contribution is 6.30. The maximum Gasteiger partial charge on any atom is 0.276 e. The van der Waals surface area contributed by atoms with Crippen LogP contribution in [0.25, 0.3) is 5.69 Å². The molecule has 8 nitrogen and oxygen atoms in total. The summed E-state index contributed by atoms with van der Waals surface area (Å²) in [6.45, 7) is 6.05. The lowest BCUT2D eigenvalue weighted by Gasteiger charge is -2.32. The second-order valence-corrected chi connectivity index (χ2v) is 11.1. The van der Waals surface area contributed by atoms with E-state index in [1.807, 2.05) is 44.8 Å². The van der Waals surface area contributed by atoms with E-state index in [2.05, 4.69) is 29.2 Å². The standard InChI is InChI=1S/C31H32ClN5O3/c1-20-28(34-21(2)40-20)31(39)35-15-12-23(13-16-35)29-27(18-33-37(29)26-10-8-25(32)9-11-26)30(38)36-17-14-24(19-36)22-6-4-3-5-7-22/h3-11,18,23-24H,12-17,19H2,1-2H3. The zero-order valence-corrected chi connectivity index (χ0v) is 23.5. The fourth-order valence-corrected chi connectivity index (χ4v) is 6.18. The predicted octanol–water partition coefficient (Wildman–Crippen LogP) is 5.78. The van der Waals surface area contributed by atoms with Gasteiger partial charge in [-0.3, -0.25) is 9.59 Å². The molecule has 9 heteroatoms. The quantitative estimate of drug-likeness (QED) is 0.310. The van der Waals surface area contributed by atoms with Gasteiger partial charge in [0.15, 0.2) is 11.6 Å². The highest BCUT2D eigenvalue weighted by atomic mass is 35.5. The molecule has 0 saturated carbocycles. The zero-order chi connectivity index (χ0) is 27.8. The average molecular weight is 558 g/mol. The molecule has 0 bridgehead atoms. The van der Waals surface area contributed by atoms with Gasteiger partial charge in [-0.05, 0) is 56.0 Å². The van der Waals surface area contributed by atoms with Crippen LogP contribution in [0.1, 0.15) is 74.9 Å². The Kier molecular flexibility index (Phi) is 7.19. The summed E-state index contributed by atoms with van der Waals surface area (Å²) in [5.41, 5.74) is 4.03. The van der Waals surface area contributed by atoms with Crippen LogP contribution < -0.4 is 0 Å². The van der Waals surface area contributed by atoms with E-state index < -0.39 is 0 Å². The number of oxazole rings is 1. The second-order valence-electron chi connectivity index (χ2n) is 10.7. The normalized spacial score (nSPS) is 17.9. The van der Waals surface area contributed by atoms with Crippen molar-refractivity contribution in [3.8, 4) is 5.69 Å². The van der Waals surface area contributed by atoms with Crippen molar-refractivity contribution in [2.75, 3.05) is 26.2 Å². The molecule has 2 aliphatic heterocycles. The molecule has 1 unspecified atom stereocenters. The number of rotatable bonds is 5. The Morgan fingerprint density at radius 3 is 2.23 bits per heavy atom. The molecule has 0 N–H and O–H groups in total. The van der Waals surface area contributed by atoms with Gasteiger partial charge in [-0.25, -0.2) is 9.67 Å². The fraction of sp³-hybridized carbons (Fsp3) is 0.355. The minimum atomic E-state index is -0.112. The molecule has 2 saturated heterocycles. The Hall–Kier alpha value is -3.91. The molecule has 2 aliphatic rings. The highest BCUT2D eigenvalue weighted by Crippen LogP contribution is 2.35. The lowest BCUT2D eigenvalue weighted by molar-refractivity contribution is 0.0700. The number of carbonyl (C=O) groups is 2. The molecule has 2 aromatic heterocycles. The first kappa shape index (κ1) is 26.3. The van der Waals surface area contributed by atoms with Gasteiger partial charge in [-0.2, -0.15) is 5.10 Å². The van der Waals surface area contributed by atoms with Crippen molar-refractivity contribution < 1.29 is 14.0 Å². The van der Waals surface area contributed by atoms with Gasteiger partial charge in [-0.1, -0.05) is 41.9 Å². The predicted molar refractivity (Wildman–Crippen MR) is 152 cm³/mol. The van der Waals surface area contributed by atoms with E-state index in [4.69, 9.17) is 21.1 Å². The second kappa shape index (κ2) is 10.9. The summed E-state index contributed by atoms with van der Waals surface area (Å²) in [6, 6.07) is 17.9. The summed E-state index contributed by atoms with van der Waals surface area (Å²) in [4.78, 5) is 35.2. The third-order valence-corrected chi connectivity index (χ3v) is 8.38. The van der Waals surface area contributed by atoms with Crippen LogP contribution in [0.2, 0.25) is 5.02 Å². The van der Waals surface area contributed by atoms with Crippen molar-refractivity contribution in [1.82, 2.24) is 24.6 Å². The molecule has 1 atom stereocenters. The van der Waals surface area contributed by atoms with E-state index in [-0.39, 0.29) is 17.7 Å². The van der Waals surface area contributed by atoms with Gasteiger partial charge in [-0.15, -0.1) is 0 Å². The summed E-state index contributed by atoms with van der Waals surface area (Å²) in [7, 11) is 0. The molecule has 0 spiro atoms. The lowest BCUT2D eigenvalue weighted by Crippen LogP contribution is -2.39. The first-order chi connectivity index (χ1) is 19.4. The van der Waals surface area contributed by atoms with Crippen molar-refractivity contribution in [3.05, 3.63) is 100.0 Å². The maximum absolute atomic E-state index is 14.0. The Balaban J connectivity index is 1.26. The minimum absolute atomic E-state index is 0.0147. The maximum atomic E-state index is 14.0. The first-order valence-electron chi connectivity index (χ1n) is 13.8. The van der Waals surface area contributed by atoms with E-state index in [9.17, 15) is 9.59 Å². The Bertz CT molecular complexity index is 1520. The van der Waals surface area contributed by atoms with Crippen LogP contribution in [-0.2, 0) is 0 Å². The van der Waals surface area contributed by atoms with Gasteiger partial charge < -0.3 is 14.2 Å². The lowest BCUT2D eigenvalue weighted by atomic mass is 9.90. The van der Waals surface area contributed by atoms with Gasteiger partial charge in [0.25, 0.3) is 11.8 Å². The SMILES string of the molecule is Cc1nc(C(=O)N2CCC(c3c(C(=O)N4CCC(c5ccccc5)C4)cnn3-c3ccc(Cl)cc3)CC2)c(C)o1. The van der Waals surface area contributed by atoms with Gasteiger partial charge in [0.2, 0.25) is 0 Å². The smallest absolute Gasteiger partial charge is 0.276 e. The summed E-state index contributed by atoms with van der Waals surface area (Å²) in [6.07, 6.45) is 4.08. The molecular weight excluding hydrogens is 526 g/mol. The summed E-state index contributed by atoms with van der Waals surface area (Å²) < 4.78 is 7.36. The molecule has 206 valence electrons. The number of aromatic nitrogens is 3. The third-order valence-electron chi connectivity index (χ3n) is 8.13. The van der Waals surface area contributed by atoms with Crippen LogP contribution in [0.3, 0.4) is 0 Å². The minimum Gasteiger partial charge on any atom is -0.445 e. The molecular formula is C31H32ClN5O3. The van der Waals surface area contributed by atoms with E-state index in [1.165, 1.54) is 5.56 Å². The molecule has 6 rings (SSSR count). The van der Waals surface area contributed by atoms with Crippen LogP contribution in [0.15, 0.2) is 65.2 Å². The molecule has 0 aliphatic carbocycles. The Morgan fingerprint density at radius 1 is 0.875 bits per heavy atom. The van der Waals surface area contributed by atoms with E-state index in [0.29, 0.717) is 72.9 Å². The number of aryl methyl sites for hydroxylation is 2. The van der Waals surface area contributed by atoms with E-state index in [0.717, 1.165) is 17.8 Å². The third kappa shape index (κ3) is 5.04. The van der Waals surface area contributed by atoms with Crippen LogP contribution in [0.4, 0.5) is 0 Å². The van der Waals surface area contributed by atoms with Crippen LogP contribution in [-0.4, -0.2) is 62.6 Å². The summed E-state index contributed by atoms with van der Waals surface area (Å²) in [5.74, 6) is 1.33. The van der Waals surface area contributed by atoms with Crippen molar-refractivity contribution in [2.45, 2.75) is 44.9 Å². The number of hydrogen-bond acceptors (Lipinski definition) is 5. The van der Waals surface area contributed by atoms with E-state index >= 15 is 0 Å². The molecule has 2 aromatic carbocycles. The summed E-state index contributed by atoms with van der Waals surface area (Å²) in [5, 5.41) is 5.34. The molecule has 2 fully saturated rings. The van der Waals surface area contributed by atoms with Crippen LogP contribution in [0, 0.1) is 13.8 Å². The van der Waals surface area contributed by atoms with Crippen molar-refractivity contribution >= 4 is 23.4 Å². The molecule has 0 radical (unpaired) electrons. The molecule has 2 amide bonds. The van der Waals surface area contributed by atoms with Gasteiger partial charge in [0.05, 0.1) is 23.1 Å². The first-order valence-corrected chi connectivity index (χ1v) is 14.2. The fourth-order valence-electron chi connectivity index (χ4n) is 6.05. The van der Waals surface area contributed by atoms with Crippen LogP contribution in [0.5, 0.6) is 0 Å². The number of carbonyl (C=O) groups excluding carboxylic acids is 2. The Morgan fingerprint density at radius 2 is 1.55 bits per heavy atom. The van der Waals surface area contributed by atoms with E-state index in [1.54, 1.807) is 20.0 Å². The number of hydrogen-bond donors (Lipinski definition) is 0. The number of benzene rings is 2. The highest BCUT2D eigenvalue weighted by Gasteiger charge is 2.35. The van der Waals surface area contributed by atoms with Crippen molar-refractivity contribution in [1.29, 1.82) is 0 Å². The number of likely N-dealkylation sites (tertiary alicyclic amines) is 2. The summed E-state index contributed by atoms with van der Waals surface area (Å²) >= 11 is 6.16. The van der Waals surface area contributed by atoms with Gasteiger partial charge in [0.1, 0.15) is 5.76 Å². The van der Waals surface area contributed by atoms with Gasteiger partial charge >= 0.3 is 0 Å². The zero-order valence-electron chi connectivity index (χ0n) is 22.7. The molecule has 4 aromatic rings. The average Bonchev–Trinajstić information content (AvgIpc) is 3.72. The molecule has 40 heavy (non-hydrogen) atoms. The van der Waals surface area contributed by atoms with Crippen molar-refractivity contribution in [2.24, 2.45) is 0 Å². The topological polar surface area (TPSA) is 84.5 Å².